The number of rotatable bonds is 6. The predicted octanol–water partition coefficient (Wildman–Crippen LogP) is 4.41. The number of methoxy groups -OCH3 is 1. The summed E-state index contributed by atoms with van der Waals surface area (Å²) in [5.41, 5.74) is 3.11. The van der Waals surface area contributed by atoms with Crippen LogP contribution in [0.4, 0.5) is 5.69 Å². The topological polar surface area (TPSA) is 67.4 Å². The number of ether oxygens (including phenoxy) is 1. The van der Waals surface area contributed by atoms with Crippen molar-refractivity contribution in [1.29, 1.82) is 0 Å². The summed E-state index contributed by atoms with van der Waals surface area (Å²) in [6.07, 6.45) is 1.63. The van der Waals surface area contributed by atoms with E-state index in [4.69, 9.17) is 4.74 Å². The van der Waals surface area contributed by atoms with Crippen LogP contribution >= 0.6 is 0 Å². The maximum atomic E-state index is 12.9. The molecule has 0 aliphatic rings. The van der Waals surface area contributed by atoms with Crippen LogP contribution in [-0.4, -0.2) is 18.9 Å². The van der Waals surface area contributed by atoms with Crippen LogP contribution in [0.15, 0.2) is 84.6 Å². The molecule has 5 nitrogen and oxygen atoms in total. The molecule has 0 unspecified atom stereocenters. The third-order valence-corrected chi connectivity index (χ3v) is 4.27. The summed E-state index contributed by atoms with van der Waals surface area (Å²) in [6, 6.07) is 23.4. The Kier molecular flexibility index (Phi) is 6.43. The van der Waals surface area contributed by atoms with E-state index < -0.39 is 5.91 Å². The minimum atomic E-state index is -0.408. The molecule has 2 N–H and O–H groups in total. The minimum Gasteiger partial charge on any atom is -0.497 e. The van der Waals surface area contributed by atoms with E-state index in [1.54, 1.807) is 49.6 Å². The van der Waals surface area contributed by atoms with E-state index in [1.807, 2.05) is 49.4 Å². The van der Waals surface area contributed by atoms with Crippen LogP contribution in [0.2, 0.25) is 0 Å². The summed E-state index contributed by atoms with van der Waals surface area (Å²) in [5, 5.41) is 5.54. The zero-order chi connectivity index (χ0) is 20.6. The SMILES string of the molecule is COc1ccc(/C=C(\NC(=O)c2ccccc2)C(=O)Nc2ccc(C)cc2)cc1. The van der Waals surface area contributed by atoms with Gasteiger partial charge >= 0.3 is 0 Å². The molecule has 0 saturated carbocycles. The Morgan fingerprint density at radius 1 is 0.862 bits per heavy atom. The second-order valence-corrected chi connectivity index (χ2v) is 6.47. The van der Waals surface area contributed by atoms with Crippen LogP contribution in [0.25, 0.3) is 6.08 Å². The van der Waals surface area contributed by atoms with Crippen molar-refractivity contribution in [2.45, 2.75) is 6.92 Å². The molecule has 0 heterocycles. The lowest BCUT2D eigenvalue weighted by atomic mass is 10.1. The number of carbonyl (C=O) groups excluding carboxylic acids is 2. The molecule has 0 radical (unpaired) electrons. The van der Waals surface area contributed by atoms with Gasteiger partial charge in [0, 0.05) is 11.3 Å². The zero-order valence-corrected chi connectivity index (χ0v) is 16.3. The van der Waals surface area contributed by atoms with E-state index in [2.05, 4.69) is 10.6 Å². The van der Waals surface area contributed by atoms with Crippen molar-refractivity contribution in [2.24, 2.45) is 0 Å². The summed E-state index contributed by atoms with van der Waals surface area (Å²) in [7, 11) is 1.59. The fourth-order valence-corrected chi connectivity index (χ4v) is 2.64. The lowest BCUT2D eigenvalue weighted by Crippen LogP contribution is -2.30. The minimum absolute atomic E-state index is 0.143. The molecule has 0 aliphatic carbocycles. The van der Waals surface area contributed by atoms with Crippen LogP contribution in [0.5, 0.6) is 5.75 Å². The van der Waals surface area contributed by atoms with Crippen molar-refractivity contribution in [3.8, 4) is 5.75 Å². The van der Waals surface area contributed by atoms with Crippen molar-refractivity contribution >= 4 is 23.6 Å². The second kappa shape index (κ2) is 9.37. The fourth-order valence-electron chi connectivity index (χ4n) is 2.64. The Morgan fingerprint density at radius 3 is 2.14 bits per heavy atom. The second-order valence-electron chi connectivity index (χ2n) is 6.47. The third-order valence-electron chi connectivity index (χ3n) is 4.27. The molecule has 146 valence electrons. The molecule has 0 saturated heterocycles. The number of nitrogens with one attached hydrogen (secondary N) is 2. The first-order valence-corrected chi connectivity index (χ1v) is 9.15. The number of benzene rings is 3. The molecule has 3 rings (SSSR count). The molecule has 3 aromatic carbocycles. The molecule has 0 bridgehead atoms. The van der Waals surface area contributed by atoms with Crippen LogP contribution in [-0.2, 0) is 4.79 Å². The third kappa shape index (κ3) is 5.56. The first kappa shape index (κ1) is 19.9. The lowest BCUT2D eigenvalue weighted by Gasteiger charge is -2.12. The first-order valence-electron chi connectivity index (χ1n) is 9.15. The maximum Gasteiger partial charge on any atom is 0.272 e. The summed E-state index contributed by atoms with van der Waals surface area (Å²) < 4.78 is 5.16. The average molecular weight is 386 g/mol. The van der Waals surface area contributed by atoms with Crippen LogP contribution < -0.4 is 15.4 Å². The van der Waals surface area contributed by atoms with E-state index in [9.17, 15) is 9.59 Å². The Balaban J connectivity index is 1.86. The van der Waals surface area contributed by atoms with Crippen molar-refractivity contribution in [3.63, 3.8) is 0 Å². The van der Waals surface area contributed by atoms with Gasteiger partial charge in [-0.05, 0) is 55.0 Å². The Bertz CT molecular complexity index is 1010. The maximum absolute atomic E-state index is 12.9. The van der Waals surface area contributed by atoms with E-state index in [1.165, 1.54) is 0 Å². The Hall–Kier alpha value is -3.86. The normalized spacial score (nSPS) is 10.9. The van der Waals surface area contributed by atoms with E-state index >= 15 is 0 Å². The van der Waals surface area contributed by atoms with Crippen LogP contribution in [0.3, 0.4) is 0 Å². The highest BCUT2D eigenvalue weighted by Crippen LogP contribution is 2.15. The van der Waals surface area contributed by atoms with Gasteiger partial charge in [0.2, 0.25) is 0 Å². The molecule has 5 heteroatoms. The lowest BCUT2D eigenvalue weighted by molar-refractivity contribution is -0.113. The molecule has 0 aliphatic heterocycles. The molecular formula is C24H22N2O3. The van der Waals surface area contributed by atoms with Gasteiger partial charge < -0.3 is 15.4 Å². The first-order chi connectivity index (χ1) is 14.0. The molecular weight excluding hydrogens is 364 g/mol. The monoisotopic (exact) mass is 386 g/mol. The summed E-state index contributed by atoms with van der Waals surface area (Å²) in [5.74, 6) is -0.0560. The van der Waals surface area contributed by atoms with E-state index in [-0.39, 0.29) is 11.6 Å². The molecule has 29 heavy (non-hydrogen) atoms. The van der Waals surface area contributed by atoms with Gasteiger partial charge in [-0.3, -0.25) is 9.59 Å². The Morgan fingerprint density at radius 2 is 1.52 bits per heavy atom. The summed E-state index contributed by atoms with van der Waals surface area (Å²) in [4.78, 5) is 25.5. The van der Waals surface area contributed by atoms with E-state index in [0.717, 1.165) is 11.1 Å². The van der Waals surface area contributed by atoms with Crippen LogP contribution in [0, 0.1) is 6.92 Å². The van der Waals surface area contributed by atoms with Crippen molar-refractivity contribution in [2.75, 3.05) is 12.4 Å². The smallest absolute Gasteiger partial charge is 0.272 e. The van der Waals surface area contributed by atoms with E-state index in [0.29, 0.717) is 17.0 Å². The summed E-state index contributed by atoms with van der Waals surface area (Å²) >= 11 is 0. The van der Waals surface area contributed by atoms with Gasteiger partial charge in [-0.2, -0.15) is 0 Å². The largest absolute Gasteiger partial charge is 0.497 e. The highest BCUT2D eigenvalue weighted by molar-refractivity contribution is 6.10. The zero-order valence-electron chi connectivity index (χ0n) is 16.3. The molecule has 0 fully saturated rings. The Labute approximate surface area is 170 Å². The fraction of sp³-hybridized carbons (Fsp3) is 0.0833. The van der Waals surface area contributed by atoms with Crippen molar-refractivity contribution < 1.29 is 14.3 Å². The van der Waals surface area contributed by atoms with Crippen molar-refractivity contribution in [1.82, 2.24) is 5.32 Å². The average Bonchev–Trinajstić information content (AvgIpc) is 2.76. The number of hydrogen-bond donors (Lipinski definition) is 2. The molecule has 3 aromatic rings. The van der Waals surface area contributed by atoms with Gasteiger partial charge in [-0.25, -0.2) is 0 Å². The molecule has 0 atom stereocenters. The highest BCUT2D eigenvalue weighted by atomic mass is 16.5. The highest BCUT2D eigenvalue weighted by Gasteiger charge is 2.15. The van der Waals surface area contributed by atoms with Gasteiger partial charge in [-0.1, -0.05) is 48.0 Å². The number of aryl methyl sites for hydroxylation is 1. The predicted molar refractivity (Wildman–Crippen MR) is 115 cm³/mol. The van der Waals surface area contributed by atoms with Crippen LogP contribution in [0.1, 0.15) is 21.5 Å². The quantitative estimate of drug-likeness (QED) is 0.617. The number of hydrogen-bond acceptors (Lipinski definition) is 3. The van der Waals surface area contributed by atoms with Gasteiger partial charge in [0.05, 0.1) is 7.11 Å². The van der Waals surface area contributed by atoms with Gasteiger partial charge in [0.15, 0.2) is 0 Å². The number of anilines is 1. The molecule has 2 amide bonds. The summed E-state index contributed by atoms with van der Waals surface area (Å²) in [6.45, 7) is 1.97. The van der Waals surface area contributed by atoms with Crippen molar-refractivity contribution in [3.05, 3.63) is 101 Å². The standard InChI is InChI=1S/C24H22N2O3/c1-17-8-12-20(13-9-17)25-24(28)22(16-18-10-14-21(29-2)15-11-18)26-23(27)19-6-4-3-5-7-19/h3-16H,1-2H3,(H,25,28)(H,26,27)/b22-16-. The van der Waals surface area contributed by atoms with Gasteiger partial charge in [0.1, 0.15) is 11.4 Å². The molecule has 0 spiro atoms. The number of amides is 2. The van der Waals surface area contributed by atoms with Gasteiger partial charge in [0.25, 0.3) is 11.8 Å². The molecule has 0 aromatic heterocycles. The van der Waals surface area contributed by atoms with Gasteiger partial charge in [-0.15, -0.1) is 0 Å². The number of carbonyl (C=O) groups is 2.